The van der Waals surface area contributed by atoms with Gasteiger partial charge in [-0.1, -0.05) is 19.1 Å². The summed E-state index contributed by atoms with van der Waals surface area (Å²) in [6.07, 6.45) is 5.31. The summed E-state index contributed by atoms with van der Waals surface area (Å²) in [4.78, 5) is 0. The summed E-state index contributed by atoms with van der Waals surface area (Å²) in [6.45, 7) is 2.06. The molecule has 0 spiro atoms. The number of halogens is 1. The zero-order valence-corrected chi connectivity index (χ0v) is 6.43. The van der Waals surface area contributed by atoms with E-state index in [2.05, 4.69) is 6.92 Å². The van der Waals surface area contributed by atoms with Crippen LogP contribution in [0.3, 0.4) is 0 Å². The molecule has 0 saturated heterocycles. The number of rotatable bonds is 4. The van der Waals surface area contributed by atoms with Gasteiger partial charge < -0.3 is 5.11 Å². The molecule has 1 unspecified atom stereocenters. The fraction of sp³-hybridized carbons (Fsp3) is 0.714. The average molecular weight is 149 g/mol. The average Bonchev–Trinajstić information content (AvgIpc) is 1.89. The molecule has 0 amide bonds. The van der Waals surface area contributed by atoms with Gasteiger partial charge in [0.05, 0.1) is 6.10 Å². The van der Waals surface area contributed by atoms with Crippen LogP contribution >= 0.6 is 11.6 Å². The van der Waals surface area contributed by atoms with Gasteiger partial charge in [-0.25, -0.2) is 0 Å². The van der Waals surface area contributed by atoms with Crippen molar-refractivity contribution in [2.45, 2.75) is 25.9 Å². The van der Waals surface area contributed by atoms with Crippen LogP contribution in [0.25, 0.3) is 0 Å². The Bertz CT molecular complexity index is 81.0. The van der Waals surface area contributed by atoms with Crippen molar-refractivity contribution in [2.24, 2.45) is 0 Å². The molecular formula is C7H13ClO. The lowest BCUT2D eigenvalue weighted by Crippen LogP contribution is -2.05. The van der Waals surface area contributed by atoms with Gasteiger partial charge in [-0.05, 0) is 12.8 Å². The number of alkyl halides is 1. The van der Waals surface area contributed by atoms with E-state index in [0.717, 1.165) is 6.42 Å². The maximum absolute atomic E-state index is 8.90. The molecule has 1 N–H and O–H groups in total. The molecule has 1 nitrogen and oxygen atoms in total. The van der Waals surface area contributed by atoms with Crippen LogP contribution in [0, 0.1) is 0 Å². The minimum absolute atomic E-state index is 0.327. The maximum atomic E-state index is 8.90. The minimum atomic E-state index is -0.366. The molecule has 0 bridgehead atoms. The third-order valence-corrected chi connectivity index (χ3v) is 1.34. The Kier molecular flexibility index (Phi) is 6.11. The molecule has 0 aliphatic heterocycles. The predicted molar refractivity (Wildman–Crippen MR) is 40.8 cm³/mol. The summed E-state index contributed by atoms with van der Waals surface area (Å²) in [5, 5.41) is 8.90. The van der Waals surface area contributed by atoms with Crippen LogP contribution in [0.1, 0.15) is 19.8 Å². The van der Waals surface area contributed by atoms with Crippen molar-refractivity contribution in [1.82, 2.24) is 0 Å². The first-order valence-electron chi connectivity index (χ1n) is 3.20. The van der Waals surface area contributed by atoms with Crippen LogP contribution < -0.4 is 0 Å². The molecule has 0 fully saturated rings. The van der Waals surface area contributed by atoms with Crippen LogP contribution in [0.15, 0.2) is 12.2 Å². The Labute approximate surface area is 61.3 Å². The number of aliphatic hydroxyl groups excluding tert-OH is 1. The van der Waals surface area contributed by atoms with Crippen molar-refractivity contribution in [3.63, 3.8) is 0 Å². The largest absolute Gasteiger partial charge is 0.392 e. The van der Waals surface area contributed by atoms with Crippen LogP contribution in [0.5, 0.6) is 0 Å². The monoisotopic (exact) mass is 148 g/mol. The molecular weight excluding hydrogens is 136 g/mol. The van der Waals surface area contributed by atoms with Crippen LogP contribution in [0.2, 0.25) is 0 Å². The Balaban J connectivity index is 3.15. The van der Waals surface area contributed by atoms with Gasteiger partial charge in [0.15, 0.2) is 0 Å². The second kappa shape index (κ2) is 6.12. The van der Waals surface area contributed by atoms with E-state index < -0.39 is 0 Å². The van der Waals surface area contributed by atoms with E-state index in [0.29, 0.717) is 12.3 Å². The van der Waals surface area contributed by atoms with E-state index in [4.69, 9.17) is 16.7 Å². The lowest BCUT2D eigenvalue weighted by molar-refractivity contribution is 0.201. The van der Waals surface area contributed by atoms with Crippen LogP contribution in [-0.4, -0.2) is 17.1 Å². The van der Waals surface area contributed by atoms with Gasteiger partial charge in [-0.3, -0.25) is 0 Å². The van der Waals surface area contributed by atoms with Crippen molar-refractivity contribution >= 4 is 11.6 Å². The second-order valence-electron chi connectivity index (χ2n) is 1.92. The fourth-order valence-electron chi connectivity index (χ4n) is 0.483. The van der Waals surface area contributed by atoms with Gasteiger partial charge in [0.2, 0.25) is 0 Å². The normalized spacial score (nSPS) is 14.6. The van der Waals surface area contributed by atoms with Crippen molar-refractivity contribution in [1.29, 1.82) is 0 Å². The number of hydrogen-bond acceptors (Lipinski definition) is 1. The lowest BCUT2D eigenvalue weighted by Gasteiger charge is -1.99. The molecule has 54 valence electrons. The molecule has 0 aromatic heterocycles. The van der Waals surface area contributed by atoms with Gasteiger partial charge in [-0.2, -0.15) is 0 Å². The molecule has 0 rings (SSSR count). The predicted octanol–water partition coefficient (Wildman–Crippen LogP) is 1.94. The van der Waals surface area contributed by atoms with Crippen molar-refractivity contribution in [3.05, 3.63) is 12.2 Å². The molecule has 9 heavy (non-hydrogen) atoms. The van der Waals surface area contributed by atoms with Gasteiger partial charge >= 0.3 is 0 Å². The third-order valence-electron chi connectivity index (χ3n) is 0.989. The van der Waals surface area contributed by atoms with Gasteiger partial charge in [-0.15, -0.1) is 11.6 Å². The van der Waals surface area contributed by atoms with E-state index >= 15 is 0 Å². The summed E-state index contributed by atoms with van der Waals surface area (Å²) in [5.41, 5.74) is 0. The van der Waals surface area contributed by atoms with E-state index in [-0.39, 0.29) is 6.10 Å². The van der Waals surface area contributed by atoms with E-state index in [1.807, 2.05) is 12.2 Å². The molecule has 0 aliphatic rings. The molecule has 0 heterocycles. The summed E-state index contributed by atoms with van der Waals surface area (Å²) in [6, 6.07) is 0. The topological polar surface area (TPSA) is 20.2 Å². The molecule has 0 aromatic carbocycles. The van der Waals surface area contributed by atoms with Gasteiger partial charge in [0.25, 0.3) is 0 Å². The minimum Gasteiger partial charge on any atom is -0.392 e. The molecule has 1 atom stereocenters. The van der Waals surface area contributed by atoms with Crippen LogP contribution in [-0.2, 0) is 0 Å². The van der Waals surface area contributed by atoms with Gasteiger partial charge in [0, 0.05) is 5.88 Å². The quantitative estimate of drug-likeness (QED) is 0.477. The number of hydrogen-bond donors (Lipinski definition) is 1. The number of allylic oxidation sites excluding steroid dienone is 1. The Hall–Kier alpha value is -0.0100. The van der Waals surface area contributed by atoms with E-state index in [9.17, 15) is 0 Å². The highest BCUT2D eigenvalue weighted by Gasteiger charge is 1.95. The molecule has 0 radical (unpaired) electrons. The Morgan fingerprint density at radius 3 is 2.67 bits per heavy atom. The van der Waals surface area contributed by atoms with Gasteiger partial charge in [0.1, 0.15) is 0 Å². The molecule has 0 aromatic rings. The summed E-state index contributed by atoms with van der Waals surface area (Å²) in [5.74, 6) is 0.327. The van der Waals surface area contributed by atoms with Crippen molar-refractivity contribution < 1.29 is 5.11 Å². The first-order chi connectivity index (χ1) is 4.31. The number of aliphatic hydroxyl groups is 1. The van der Waals surface area contributed by atoms with Crippen molar-refractivity contribution in [2.75, 3.05) is 5.88 Å². The summed E-state index contributed by atoms with van der Waals surface area (Å²) < 4.78 is 0. The molecule has 0 aliphatic carbocycles. The first kappa shape index (κ1) is 8.99. The van der Waals surface area contributed by atoms with Crippen LogP contribution in [0.4, 0.5) is 0 Å². The molecule has 0 saturated carbocycles. The Morgan fingerprint density at radius 2 is 2.22 bits per heavy atom. The highest BCUT2D eigenvalue weighted by molar-refractivity contribution is 6.18. The van der Waals surface area contributed by atoms with E-state index in [1.165, 1.54) is 0 Å². The van der Waals surface area contributed by atoms with Crippen molar-refractivity contribution in [3.8, 4) is 0 Å². The zero-order valence-electron chi connectivity index (χ0n) is 5.68. The first-order valence-corrected chi connectivity index (χ1v) is 3.73. The standard InChI is InChI=1S/C7H13ClO/c1-2-3-4-5-7(9)6-8/h3-4,7,9H,2,5-6H2,1H3. The fourth-order valence-corrected chi connectivity index (χ4v) is 0.609. The maximum Gasteiger partial charge on any atom is 0.0709 e. The smallest absolute Gasteiger partial charge is 0.0709 e. The summed E-state index contributed by atoms with van der Waals surface area (Å²) >= 11 is 5.35. The lowest BCUT2D eigenvalue weighted by atomic mass is 10.2. The highest BCUT2D eigenvalue weighted by Crippen LogP contribution is 1.95. The Morgan fingerprint density at radius 1 is 1.56 bits per heavy atom. The van der Waals surface area contributed by atoms with E-state index in [1.54, 1.807) is 0 Å². The highest BCUT2D eigenvalue weighted by atomic mass is 35.5. The zero-order chi connectivity index (χ0) is 7.11. The molecule has 2 heteroatoms. The summed E-state index contributed by atoms with van der Waals surface area (Å²) in [7, 11) is 0. The second-order valence-corrected chi connectivity index (χ2v) is 2.23. The third kappa shape index (κ3) is 5.87. The SMILES string of the molecule is CCC=CCC(O)CCl.